The highest BCUT2D eigenvalue weighted by atomic mass is 16.5. The van der Waals surface area contributed by atoms with Gasteiger partial charge in [-0.1, -0.05) is 49.4 Å². The number of benzene rings is 2. The molecule has 0 amide bonds. The number of hydrogen-bond acceptors (Lipinski definition) is 4. The molecular formula is C24H32N2O2. The van der Waals surface area contributed by atoms with Gasteiger partial charge in [-0.25, -0.2) is 0 Å². The SMILES string of the molecule is CC(Cc1ccccc1)C(C)(C(=O)c1ccccc1N1CCOCC1)N(C)C. The number of anilines is 1. The van der Waals surface area contributed by atoms with E-state index < -0.39 is 5.54 Å². The monoisotopic (exact) mass is 380 g/mol. The third kappa shape index (κ3) is 4.13. The Morgan fingerprint density at radius 3 is 2.32 bits per heavy atom. The van der Waals surface area contributed by atoms with Crippen molar-refractivity contribution in [2.45, 2.75) is 25.8 Å². The maximum Gasteiger partial charge on any atom is 0.185 e. The van der Waals surface area contributed by atoms with Crippen molar-refractivity contribution in [1.82, 2.24) is 4.90 Å². The molecule has 2 aromatic rings. The fourth-order valence-electron chi connectivity index (χ4n) is 4.05. The molecule has 4 nitrogen and oxygen atoms in total. The maximum atomic E-state index is 13.9. The largest absolute Gasteiger partial charge is 0.378 e. The number of likely N-dealkylation sites (N-methyl/N-ethyl adjacent to an activating group) is 1. The van der Waals surface area contributed by atoms with Crippen LogP contribution < -0.4 is 4.90 Å². The molecule has 0 aromatic heterocycles. The van der Waals surface area contributed by atoms with Gasteiger partial charge in [0, 0.05) is 24.3 Å². The summed E-state index contributed by atoms with van der Waals surface area (Å²) in [5.74, 6) is 0.346. The van der Waals surface area contributed by atoms with Crippen LogP contribution in [-0.2, 0) is 11.2 Å². The van der Waals surface area contributed by atoms with Crippen molar-refractivity contribution in [2.75, 3.05) is 45.3 Å². The van der Waals surface area contributed by atoms with Gasteiger partial charge in [-0.3, -0.25) is 9.69 Å². The molecule has 1 fully saturated rings. The highest BCUT2D eigenvalue weighted by Gasteiger charge is 2.42. The Kier molecular flexibility index (Phi) is 6.53. The summed E-state index contributed by atoms with van der Waals surface area (Å²) in [6, 6.07) is 18.5. The number of ether oxygens (including phenoxy) is 1. The van der Waals surface area contributed by atoms with Crippen LogP contribution in [0.5, 0.6) is 0 Å². The number of nitrogens with zero attached hydrogens (tertiary/aromatic N) is 2. The minimum Gasteiger partial charge on any atom is -0.378 e. The van der Waals surface area contributed by atoms with E-state index in [1.165, 1.54) is 5.56 Å². The minimum atomic E-state index is -0.599. The molecule has 1 saturated heterocycles. The Hall–Kier alpha value is -2.17. The first kappa shape index (κ1) is 20.6. The fraction of sp³-hybridized carbons (Fsp3) is 0.458. The molecule has 0 spiro atoms. The van der Waals surface area contributed by atoms with Crippen molar-refractivity contribution in [2.24, 2.45) is 5.92 Å². The van der Waals surface area contributed by atoms with E-state index in [9.17, 15) is 4.79 Å². The quantitative estimate of drug-likeness (QED) is 0.682. The molecule has 0 aliphatic carbocycles. The zero-order valence-corrected chi connectivity index (χ0v) is 17.5. The summed E-state index contributed by atoms with van der Waals surface area (Å²) < 4.78 is 5.50. The van der Waals surface area contributed by atoms with Gasteiger partial charge >= 0.3 is 0 Å². The van der Waals surface area contributed by atoms with Crippen LogP contribution in [0.1, 0.15) is 29.8 Å². The summed E-state index contributed by atoms with van der Waals surface area (Å²) in [6.07, 6.45) is 0.862. The lowest BCUT2D eigenvalue weighted by Crippen LogP contribution is -2.54. The topological polar surface area (TPSA) is 32.8 Å². The molecular weight excluding hydrogens is 348 g/mol. The van der Waals surface area contributed by atoms with E-state index in [0.717, 1.165) is 30.8 Å². The maximum absolute atomic E-state index is 13.9. The van der Waals surface area contributed by atoms with Gasteiger partial charge < -0.3 is 9.64 Å². The molecule has 0 bridgehead atoms. The zero-order valence-electron chi connectivity index (χ0n) is 17.5. The fourth-order valence-corrected chi connectivity index (χ4v) is 4.05. The van der Waals surface area contributed by atoms with Crippen LogP contribution in [0.4, 0.5) is 5.69 Å². The van der Waals surface area contributed by atoms with Crippen LogP contribution >= 0.6 is 0 Å². The van der Waals surface area contributed by atoms with Gasteiger partial charge in [0.05, 0.1) is 18.8 Å². The van der Waals surface area contributed by atoms with Gasteiger partial charge in [0.25, 0.3) is 0 Å². The third-order valence-corrected chi connectivity index (χ3v) is 6.23. The predicted molar refractivity (Wildman–Crippen MR) is 115 cm³/mol. The Balaban J connectivity index is 1.93. The highest BCUT2D eigenvalue weighted by Crippen LogP contribution is 2.33. The number of carbonyl (C=O) groups excluding carboxylic acids is 1. The molecule has 150 valence electrons. The molecule has 4 heteroatoms. The molecule has 1 aliphatic heterocycles. The number of morpholine rings is 1. The van der Waals surface area contributed by atoms with E-state index in [0.29, 0.717) is 13.2 Å². The molecule has 28 heavy (non-hydrogen) atoms. The molecule has 2 atom stereocenters. The van der Waals surface area contributed by atoms with Crippen molar-refractivity contribution in [3.8, 4) is 0 Å². The molecule has 2 unspecified atom stereocenters. The van der Waals surface area contributed by atoms with E-state index in [4.69, 9.17) is 4.74 Å². The lowest BCUT2D eigenvalue weighted by molar-refractivity contribution is 0.0575. The highest BCUT2D eigenvalue weighted by molar-refractivity contribution is 6.07. The first-order chi connectivity index (χ1) is 13.4. The van der Waals surface area contributed by atoms with Crippen molar-refractivity contribution in [3.05, 3.63) is 65.7 Å². The second-order valence-electron chi connectivity index (χ2n) is 8.08. The minimum absolute atomic E-state index is 0.162. The average molecular weight is 381 g/mol. The second kappa shape index (κ2) is 8.89. The van der Waals surface area contributed by atoms with Crippen LogP contribution in [0, 0.1) is 5.92 Å². The Labute approximate surface area is 169 Å². The average Bonchev–Trinajstić information content (AvgIpc) is 2.73. The smallest absolute Gasteiger partial charge is 0.185 e. The van der Waals surface area contributed by atoms with E-state index >= 15 is 0 Å². The number of ketones is 1. The van der Waals surface area contributed by atoms with Crippen molar-refractivity contribution >= 4 is 11.5 Å². The van der Waals surface area contributed by atoms with E-state index in [2.05, 4.69) is 54.0 Å². The second-order valence-corrected chi connectivity index (χ2v) is 8.08. The van der Waals surface area contributed by atoms with Gasteiger partial charge in [0.15, 0.2) is 5.78 Å². The van der Waals surface area contributed by atoms with Crippen LogP contribution in [0.2, 0.25) is 0 Å². The summed E-state index contributed by atoms with van der Waals surface area (Å²) in [7, 11) is 4.02. The lowest BCUT2D eigenvalue weighted by atomic mass is 9.76. The number of carbonyl (C=O) groups is 1. The molecule has 1 aliphatic rings. The predicted octanol–water partition coefficient (Wildman–Crippen LogP) is 3.91. The van der Waals surface area contributed by atoms with E-state index in [1.54, 1.807) is 0 Å². The summed E-state index contributed by atoms with van der Waals surface area (Å²) in [4.78, 5) is 18.3. The van der Waals surface area contributed by atoms with Crippen LogP contribution in [0.25, 0.3) is 0 Å². The summed E-state index contributed by atoms with van der Waals surface area (Å²) in [5, 5.41) is 0. The Bertz CT molecular complexity index is 784. The molecule has 1 heterocycles. The van der Waals surface area contributed by atoms with Gasteiger partial charge in [-0.2, -0.15) is 0 Å². The molecule has 0 N–H and O–H groups in total. The first-order valence-electron chi connectivity index (χ1n) is 10.1. The number of rotatable bonds is 7. The summed E-state index contributed by atoms with van der Waals surface area (Å²) >= 11 is 0. The van der Waals surface area contributed by atoms with Crippen LogP contribution in [0.3, 0.4) is 0 Å². The van der Waals surface area contributed by atoms with Crippen molar-refractivity contribution < 1.29 is 9.53 Å². The Morgan fingerprint density at radius 1 is 1.07 bits per heavy atom. The molecule has 3 rings (SSSR count). The van der Waals surface area contributed by atoms with E-state index in [1.807, 2.05) is 38.4 Å². The third-order valence-electron chi connectivity index (χ3n) is 6.23. The normalized spacial score (nSPS) is 18.0. The van der Waals surface area contributed by atoms with Gasteiger partial charge in [-0.15, -0.1) is 0 Å². The standard InChI is InChI=1S/C24H32N2O2/c1-19(18-20-10-6-5-7-11-20)24(2,25(3)4)23(27)21-12-8-9-13-22(21)26-14-16-28-17-15-26/h5-13,19H,14-18H2,1-4H3. The number of hydrogen-bond donors (Lipinski definition) is 0. The van der Waals surface area contributed by atoms with Crippen LogP contribution in [0.15, 0.2) is 54.6 Å². The number of para-hydroxylation sites is 1. The summed E-state index contributed by atoms with van der Waals surface area (Å²) in [5.41, 5.74) is 2.49. The van der Waals surface area contributed by atoms with Gasteiger partial charge in [0.1, 0.15) is 0 Å². The van der Waals surface area contributed by atoms with Gasteiger partial charge in [-0.05, 0) is 51.1 Å². The lowest BCUT2D eigenvalue weighted by Gasteiger charge is -2.41. The first-order valence-corrected chi connectivity index (χ1v) is 10.1. The van der Waals surface area contributed by atoms with Crippen molar-refractivity contribution in [1.29, 1.82) is 0 Å². The number of Topliss-reactive ketones (excluding diaryl/α,β-unsaturated/α-hetero) is 1. The summed E-state index contributed by atoms with van der Waals surface area (Å²) in [6.45, 7) is 7.32. The van der Waals surface area contributed by atoms with Gasteiger partial charge in [0.2, 0.25) is 0 Å². The molecule has 2 aromatic carbocycles. The van der Waals surface area contributed by atoms with Crippen LogP contribution in [-0.4, -0.2) is 56.6 Å². The molecule has 0 radical (unpaired) electrons. The zero-order chi connectivity index (χ0) is 20.1. The Morgan fingerprint density at radius 2 is 1.68 bits per heavy atom. The molecule has 0 saturated carbocycles. The van der Waals surface area contributed by atoms with E-state index in [-0.39, 0.29) is 11.7 Å². The van der Waals surface area contributed by atoms with Crippen molar-refractivity contribution in [3.63, 3.8) is 0 Å².